The number of pyridine rings is 1. The van der Waals surface area contributed by atoms with Gasteiger partial charge in [-0.25, -0.2) is 0 Å². The van der Waals surface area contributed by atoms with Gasteiger partial charge in [0.25, 0.3) is 0 Å². The summed E-state index contributed by atoms with van der Waals surface area (Å²) in [5.41, 5.74) is 9.15. The maximum atomic E-state index is 5.95. The van der Waals surface area contributed by atoms with E-state index in [9.17, 15) is 0 Å². The summed E-state index contributed by atoms with van der Waals surface area (Å²) in [6, 6.07) is 10.0. The topological polar surface area (TPSA) is 48.1 Å². The van der Waals surface area contributed by atoms with E-state index in [0.717, 1.165) is 11.3 Å². The van der Waals surface area contributed by atoms with Crippen LogP contribution in [0.4, 0.5) is 0 Å². The van der Waals surface area contributed by atoms with Gasteiger partial charge < -0.3 is 10.5 Å². The molecule has 0 saturated carbocycles. The van der Waals surface area contributed by atoms with E-state index in [-0.39, 0.29) is 6.10 Å². The van der Waals surface area contributed by atoms with E-state index in [1.807, 2.05) is 24.3 Å². The first kappa shape index (κ1) is 12.6. The molecule has 2 rings (SSSR count). The molecular weight excluding hydrogens is 224 g/mol. The maximum absolute atomic E-state index is 5.95. The van der Waals surface area contributed by atoms with Gasteiger partial charge in [-0.05, 0) is 43.2 Å². The van der Waals surface area contributed by atoms with Gasteiger partial charge in [0.05, 0.1) is 0 Å². The summed E-state index contributed by atoms with van der Waals surface area (Å²) in [4.78, 5) is 4.09. The molecule has 2 aromatic rings. The zero-order valence-electron chi connectivity index (χ0n) is 10.8. The molecule has 0 aliphatic heterocycles. The minimum atomic E-state index is -0.153. The van der Waals surface area contributed by atoms with Crippen molar-refractivity contribution < 1.29 is 4.74 Å². The molecule has 1 atom stereocenters. The monoisotopic (exact) mass is 242 g/mol. The van der Waals surface area contributed by atoms with Crippen molar-refractivity contribution in [3.63, 3.8) is 0 Å². The van der Waals surface area contributed by atoms with Crippen LogP contribution in [0.3, 0.4) is 0 Å². The summed E-state index contributed by atoms with van der Waals surface area (Å²) in [6.45, 7) is 4.54. The van der Waals surface area contributed by atoms with Crippen LogP contribution in [0.15, 0.2) is 42.7 Å². The fourth-order valence-corrected chi connectivity index (χ4v) is 1.98. The number of benzene rings is 1. The molecule has 1 aromatic heterocycles. The lowest BCUT2D eigenvalue weighted by molar-refractivity contribution is 0.213. The second-order valence-corrected chi connectivity index (χ2v) is 4.45. The van der Waals surface area contributed by atoms with Crippen LogP contribution < -0.4 is 10.5 Å². The van der Waals surface area contributed by atoms with Gasteiger partial charge in [0.15, 0.2) is 0 Å². The Labute approximate surface area is 108 Å². The van der Waals surface area contributed by atoms with Crippen LogP contribution in [0.2, 0.25) is 0 Å². The molecule has 18 heavy (non-hydrogen) atoms. The second kappa shape index (κ2) is 5.65. The van der Waals surface area contributed by atoms with Gasteiger partial charge in [-0.1, -0.05) is 12.1 Å². The van der Waals surface area contributed by atoms with Crippen molar-refractivity contribution in [2.24, 2.45) is 5.73 Å². The summed E-state index contributed by atoms with van der Waals surface area (Å²) < 4.78 is 5.95. The molecule has 0 aliphatic carbocycles. The van der Waals surface area contributed by atoms with Crippen LogP contribution in [-0.4, -0.2) is 11.5 Å². The van der Waals surface area contributed by atoms with Gasteiger partial charge in [0.1, 0.15) is 11.9 Å². The Morgan fingerprint density at radius 2 is 1.94 bits per heavy atom. The Morgan fingerprint density at radius 3 is 2.50 bits per heavy atom. The third-order valence-electron chi connectivity index (χ3n) is 2.74. The van der Waals surface area contributed by atoms with Crippen molar-refractivity contribution in [2.75, 3.05) is 6.54 Å². The number of ether oxygens (including phenoxy) is 1. The van der Waals surface area contributed by atoms with Gasteiger partial charge in [-0.2, -0.15) is 0 Å². The molecule has 0 aliphatic rings. The first-order chi connectivity index (χ1) is 8.69. The lowest BCUT2D eigenvalue weighted by atomic mass is 10.1. The van der Waals surface area contributed by atoms with E-state index in [0.29, 0.717) is 6.54 Å². The Hall–Kier alpha value is -1.87. The van der Waals surface area contributed by atoms with Gasteiger partial charge >= 0.3 is 0 Å². The van der Waals surface area contributed by atoms with Crippen molar-refractivity contribution >= 4 is 0 Å². The van der Waals surface area contributed by atoms with Crippen molar-refractivity contribution in [2.45, 2.75) is 20.0 Å². The fraction of sp³-hybridized carbons (Fsp3) is 0.267. The van der Waals surface area contributed by atoms with E-state index in [4.69, 9.17) is 10.5 Å². The summed E-state index contributed by atoms with van der Waals surface area (Å²) in [7, 11) is 0. The zero-order valence-corrected chi connectivity index (χ0v) is 10.8. The minimum absolute atomic E-state index is 0.153. The number of nitrogens with two attached hydrogens (primary N) is 1. The molecule has 0 saturated heterocycles. The summed E-state index contributed by atoms with van der Waals surface area (Å²) in [5, 5.41) is 0. The lowest BCUT2D eigenvalue weighted by Gasteiger charge is -2.18. The standard InChI is InChI=1S/C15H18N2O/c1-11-6-12(2)8-14(7-11)18-15(9-16)13-4-3-5-17-10-13/h3-8,10,15H,9,16H2,1-2H3. The van der Waals surface area contributed by atoms with Crippen LogP contribution >= 0.6 is 0 Å². The SMILES string of the molecule is Cc1cc(C)cc(OC(CN)c2cccnc2)c1. The van der Waals surface area contributed by atoms with Crippen LogP contribution in [0, 0.1) is 13.8 Å². The lowest BCUT2D eigenvalue weighted by Crippen LogP contribution is -2.18. The Morgan fingerprint density at radius 1 is 1.22 bits per heavy atom. The van der Waals surface area contributed by atoms with Crippen molar-refractivity contribution in [3.8, 4) is 5.75 Å². The predicted molar refractivity (Wildman–Crippen MR) is 72.6 cm³/mol. The highest BCUT2D eigenvalue weighted by molar-refractivity contribution is 5.33. The summed E-state index contributed by atoms with van der Waals surface area (Å²) in [6.07, 6.45) is 3.38. The van der Waals surface area contributed by atoms with Crippen molar-refractivity contribution in [1.82, 2.24) is 4.98 Å². The molecule has 3 nitrogen and oxygen atoms in total. The molecule has 1 heterocycles. The maximum Gasteiger partial charge on any atom is 0.137 e. The number of hydrogen-bond donors (Lipinski definition) is 1. The highest BCUT2D eigenvalue weighted by Gasteiger charge is 2.11. The molecule has 1 aromatic carbocycles. The largest absolute Gasteiger partial charge is 0.484 e. The quantitative estimate of drug-likeness (QED) is 0.896. The van der Waals surface area contributed by atoms with Crippen LogP contribution in [0.5, 0.6) is 5.75 Å². The summed E-state index contributed by atoms with van der Waals surface area (Å²) in [5.74, 6) is 0.854. The second-order valence-electron chi connectivity index (χ2n) is 4.45. The molecule has 0 amide bonds. The first-order valence-corrected chi connectivity index (χ1v) is 6.04. The Bertz CT molecular complexity index is 491. The van der Waals surface area contributed by atoms with Gasteiger partial charge in [-0.15, -0.1) is 0 Å². The molecule has 0 bridgehead atoms. The van der Waals surface area contributed by atoms with E-state index in [1.165, 1.54) is 11.1 Å². The molecule has 0 fully saturated rings. The van der Waals surface area contributed by atoms with E-state index < -0.39 is 0 Å². The van der Waals surface area contributed by atoms with Crippen molar-refractivity contribution in [1.29, 1.82) is 0 Å². The molecule has 2 N–H and O–H groups in total. The highest BCUT2D eigenvalue weighted by Crippen LogP contribution is 2.23. The van der Waals surface area contributed by atoms with E-state index in [1.54, 1.807) is 12.4 Å². The molecule has 94 valence electrons. The first-order valence-electron chi connectivity index (χ1n) is 6.04. The smallest absolute Gasteiger partial charge is 0.137 e. The fourth-order valence-electron chi connectivity index (χ4n) is 1.98. The third-order valence-corrected chi connectivity index (χ3v) is 2.74. The predicted octanol–water partition coefficient (Wildman–Crippen LogP) is 2.78. The van der Waals surface area contributed by atoms with Crippen LogP contribution in [0.25, 0.3) is 0 Å². The zero-order chi connectivity index (χ0) is 13.0. The average Bonchev–Trinajstić information content (AvgIpc) is 2.36. The minimum Gasteiger partial charge on any atom is -0.484 e. The van der Waals surface area contributed by atoms with Crippen LogP contribution in [0.1, 0.15) is 22.8 Å². The highest BCUT2D eigenvalue weighted by atomic mass is 16.5. The number of hydrogen-bond acceptors (Lipinski definition) is 3. The van der Waals surface area contributed by atoms with Gasteiger partial charge in [0, 0.05) is 24.5 Å². The Kier molecular flexibility index (Phi) is 3.95. The molecular formula is C15H18N2O. The molecule has 0 radical (unpaired) electrons. The third kappa shape index (κ3) is 3.08. The van der Waals surface area contributed by atoms with E-state index >= 15 is 0 Å². The van der Waals surface area contributed by atoms with E-state index in [2.05, 4.69) is 24.9 Å². The number of rotatable bonds is 4. The summed E-state index contributed by atoms with van der Waals surface area (Å²) >= 11 is 0. The normalized spacial score (nSPS) is 12.2. The van der Waals surface area contributed by atoms with Gasteiger partial charge in [0.2, 0.25) is 0 Å². The Balaban J connectivity index is 2.20. The van der Waals surface area contributed by atoms with Crippen LogP contribution in [-0.2, 0) is 0 Å². The van der Waals surface area contributed by atoms with Gasteiger partial charge in [-0.3, -0.25) is 4.98 Å². The molecule has 1 unspecified atom stereocenters. The van der Waals surface area contributed by atoms with Crippen molar-refractivity contribution in [3.05, 3.63) is 59.4 Å². The number of aromatic nitrogens is 1. The molecule has 3 heteroatoms. The molecule has 0 spiro atoms. The number of nitrogens with zero attached hydrogens (tertiary/aromatic N) is 1. The number of aryl methyl sites for hydroxylation is 2. The average molecular weight is 242 g/mol.